The lowest BCUT2D eigenvalue weighted by Crippen LogP contribution is -2.32. The molecule has 1 aliphatic rings. The van der Waals surface area contributed by atoms with Crippen molar-refractivity contribution in [1.82, 2.24) is 14.8 Å². The molecule has 1 aromatic carbocycles. The molecule has 0 aliphatic carbocycles. The maximum Gasteiger partial charge on any atom is 0.331 e. The number of thiazole rings is 1. The van der Waals surface area contributed by atoms with Crippen LogP contribution < -0.4 is 4.90 Å². The van der Waals surface area contributed by atoms with Crippen LogP contribution in [0.2, 0.25) is 0 Å². The second kappa shape index (κ2) is 9.80. The molecule has 0 radical (unpaired) electrons. The summed E-state index contributed by atoms with van der Waals surface area (Å²) in [6.45, 7) is 10.7. The van der Waals surface area contributed by atoms with Gasteiger partial charge in [-0.2, -0.15) is 0 Å². The molecule has 0 N–H and O–H groups in total. The summed E-state index contributed by atoms with van der Waals surface area (Å²) in [7, 11) is 0. The first-order chi connectivity index (χ1) is 16.0. The molecular formula is C23H26N6O2S2. The second-order valence-corrected chi connectivity index (χ2v) is 9.38. The molecule has 8 nitrogen and oxygen atoms in total. The highest BCUT2D eigenvalue weighted by molar-refractivity contribution is 7.29. The molecule has 1 saturated heterocycles. The number of fused-ring (bicyclic) bond motifs is 1. The zero-order chi connectivity index (χ0) is 23.5. The van der Waals surface area contributed by atoms with Crippen LogP contribution >= 0.6 is 22.7 Å². The van der Waals surface area contributed by atoms with Gasteiger partial charge < -0.3 is 4.90 Å². The van der Waals surface area contributed by atoms with Crippen molar-refractivity contribution >= 4 is 66.7 Å². The highest BCUT2D eigenvalue weighted by atomic mass is 32.1. The van der Waals surface area contributed by atoms with Crippen molar-refractivity contribution in [2.24, 2.45) is 10.2 Å². The van der Waals surface area contributed by atoms with Crippen molar-refractivity contribution in [1.29, 1.82) is 0 Å². The highest BCUT2D eigenvalue weighted by Gasteiger charge is 2.39. The number of hydrogen-bond donors (Lipinski definition) is 0. The number of azo groups is 1. The molecule has 33 heavy (non-hydrogen) atoms. The van der Waals surface area contributed by atoms with E-state index < -0.39 is 0 Å². The van der Waals surface area contributed by atoms with Crippen LogP contribution in [0.3, 0.4) is 0 Å². The maximum atomic E-state index is 12.6. The van der Waals surface area contributed by atoms with Gasteiger partial charge in [-0.15, -0.1) is 21.6 Å². The minimum atomic E-state index is -0.263. The number of nitrogens with zero attached hydrogens (tertiary/aromatic N) is 6. The van der Waals surface area contributed by atoms with Crippen molar-refractivity contribution in [2.75, 3.05) is 31.1 Å². The highest BCUT2D eigenvalue weighted by Crippen LogP contribution is 2.36. The van der Waals surface area contributed by atoms with Crippen molar-refractivity contribution in [3.8, 4) is 0 Å². The molecule has 1 fully saturated rings. The van der Waals surface area contributed by atoms with Gasteiger partial charge in [-0.1, -0.05) is 11.3 Å². The van der Waals surface area contributed by atoms with Gasteiger partial charge in [0.15, 0.2) is 0 Å². The van der Waals surface area contributed by atoms with Gasteiger partial charge in [-0.05, 0) is 64.1 Å². The van der Waals surface area contributed by atoms with E-state index >= 15 is 0 Å². The van der Waals surface area contributed by atoms with Gasteiger partial charge in [0.1, 0.15) is 10.5 Å². The zero-order valence-corrected chi connectivity index (χ0v) is 20.7. The summed E-state index contributed by atoms with van der Waals surface area (Å²) in [4.78, 5) is 36.3. The Hall–Kier alpha value is -3.11. The van der Waals surface area contributed by atoms with E-state index in [4.69, 9.17) is 0 Å². The molecule has 172 valence electrons. The van der Waals surface area contributed by atoms with E-state index in [2.05, 4.69) is 46.1 Å². The Morgan fingerprint density at radius 3 is 2.27 bits per heavy atom. The number of imide groups is 1. The van der Waals surface area contributed by atoms with Gasteiger partial charge in [0.25, 0.3) is 5.91 Å². The first-order valence-corrected chi connectivity index (χ1v) is 12.6. The summed E-state index contributed by atoms with van der Waals surface area (Å²) in [6, 6.07) is 9.72. The Kier molecular flexibility index (Phi) is 6.85. The van der Waals surface area contributed by atoms with Crippen LogP contribution in [-0.2, 0) is 4.79 Å². The average Bonchev–Trinajstić information content (AvgIpc) is 3.44. The Balaban J connectivity index is 1.51. The van der Waals surface area contributed by atoms with Crippen molar-refractivity contribution in [3.63, 3.8) is 0 Å². The van der Waals surface area contributed by atoms with E-state index in [9.17, 15) is 9.59 Å². The van der Waals surface area contributed by atoms with Crippen LogP contribution in [0.25, 0.3) is 15.6 Å². The predicted molar refractivity (Wildman–Crippen MR) is 135 cm³/mol. The molecule has 3 amide bonds. The zero-order valence-electron chi connectivity index (χ0n) is 19.1. The maximum absolute atomic E-state index is 12.6. The minimum absolute atomic E-state index is 0.254. The van der Waals surface area contributed by atoms with E-state index in [1.54, 1.807) is 13.0 Å². The third-order valence-corrected chi connectivity index (χ3v) is 7.45. The molecule has 4 rings (SSSR count). The molecule has 0 unspecified atom stereocenters. The number of urea groups is 1. The van der Waals surface area contributed by atoms with Crippen molar-refractivity contribution < 1.29 is 9.59 Å². The molecule has 0 atom stereocenters. The van der Waals surface area contributed by atoms with Crippen LogP contribution in [0.15, 0.2) is 46.3 Å². The lowest BCUT2D eigenvalue weighted by Gasteiger charge is -2.20. The molecule has 0 bridgehead atoms. The van der Waals surface area contributed by atoms with Crippen LogP contribution in [0.1, 0.15) is 32.6 Å². The topological polar surface area (TPSA) is 81.5 Å². The van der Waals surface area contributed by atoms with Gasteiger partial charge in [0.05, 0.1) is 10.4 Å². The number of likely N-dealkylation sites (N-methyl/N-ethyl adjacent to an activating group) is 2. The minimum Gasteiger partial charge on any atom is -0.372 e. The van der Waals surface area contributed by atoms with Crippen molar-refractivity contribution in [3.05, 3.63) is 40.9 Å². The molecule has 10 heteroatoms. The fourth-order valence-corrected chi connectivity index (χ4v) is 5.70. The van der Waals surface area contributed by atoms with E-state index in [-0.39, 0.29) is 11.9 Å². The summed E-state index contributed by atoms with van der Waals surface area (Å²) >= 11 is 2.92. The molecule has 3 heterocycles. The van der Waals surface area contributed by atoms with E-state index in [1.165, 1.54) is 38.2 Å². The summed E-state index contributed by atoms with van der Waals surface area (Å²) in [6.07, 6.45) is 1.77. The molecule has 0 saturated carbocycles. The van der Waals surface area contributed by atoms with Crippen molar-refractivity contribution in [2.45, 2.75) is 27.7 Å². The number of benzene rings is 1. The van der Waals surface area contributed by atoms with E-state index in [1.807, 2.05) is 25.1 Å². The van der Waals surface area contributed by atoms with Gasteiger partial charge in [0.2, 0.25) is 5.13 Å². The largest absolute Gasteiger partial charge is 0.372 e. The number of carbonyl (C=O) groups excluding carboxylic acids is 2. The molecule has 2 aromatic heterocycles. The van der Waals surface area contributed by atoms with Crippen LogP contribution in [0.5, 0.6) is 0 Å². The van der Waals surface area contributed by atoms with Crippen LogP contribution in [-0.4, -0.2) is 52.9 Å². The van der Waals surface area contributed by atoms with Gasteiger partial charge in [-0.3, -0.25) is 14.6 Å². The quantitative estimate of drug-likeness (QED) is 0.215. The summed E-state index contributed by atoms with van der Waals surface area (Å²) in [5.41, 5.74) is 2.35. The molecule has 0 spiro atoms. The number of amides is 3. The summed E-state index contributed by atoms with van der Waals surface area (Å²) in [5, 5.41) is 9.20. The van der Waals surface area contributed by atoms with Gasteiger partial charge >= 0.3 is 6.03 Å². The number of hydrogen-bond acceptors (Lipinski definition) is 8. The third kappa shape index (κ3) is 4.53. The first-order valence-electron chi connectivity index (χ1n) is 11.0. The Bertz CT molecular complexity index is 1190. The molecule has 1 aliphatic heterocycles. The van der Waals surface area contributed by atoms with Crippen LogP contribution in [0.4, 0.5) is 21.3 Å². The smallest absolute Gasteiger partial charge is 0.331 e. The number of aromatic nitrogens is 1. The van der Waals surface area contributed by atoms with E-state index in [0.29, 0.717) is 23.9 Å². The standard InChI is InChI=1S/C23H26N6O2S2/c1-5-27(6-2)16-11-9-15(10-12-16)25-26-22-24-20-19(33-22)14-17(32-20)13-18-21(30)29(8-4)23(31)28(18)7-3/h9-14H,5-8H2,1-4H3/b18-13-,26-25+. The Morgan fingerprint density at radius 1 is 0.970 bits per heavy atom. The predicted octanol–water partition coefficient (Wildman–Crippen LogP) is 6.26. The monoisotopic (exact) mass is 482 g/mol. The number of thiophene rings is 1. The fraction of sp³-hybridized carbons (Fsp3) is 0.348. The third-order valence-electron chi connectivity index (χ3n) is 5.45. The van der Waals surface area contributed by atoms with E-state index in [0.717, 1.165) is 33.2 Å². The fourth-order valence-electron chi connectivity index (χ4n) is 3.72. The van der Waals surface area contributed by atoms with Gasteiger partial charge in [0, 0.05) is 36.7 Å². The molecule has 3 aromatic rings. The molecular weight excluding hydrogens is 456 g/mol. The normalized spacial score (nSPS) is 15.7. The SMILES string of the molecule is CCN1C(=O)/C(=C/c2cc3sc(/N=N/c4ccc(N(CC)CC)cc4)nc3s2)N(CC)C1=O. The average molecular weight is 483 g/mol. The number of carbonyl (C=O) groups is 2. The second-order valence-electron chi connectivity index (χ2n) is 7.31. The summed E-state index contributed by atoms with van der Waals surface area (Å²) in [5.74, 6) is -0.254. The number of anilines is 1. The lowest BCUT2D eigenvalue weighted by molar-refractivity contribution is -0.122. The Labute approximate surface area is 200 Å². The van der Waals surface area contributed by atoms with Gasteiger partial charge in [-0.25, -0.2) is 9.78 Å². The Morgan fingerprint density at radius 2 is 1.67 bits per heavy atom. The first kappa shape index (κ1) is 23.1. The van der Waals surface area contributed by atoms with Crippen LogP contribution in [0, 0.1) is 0 Å². The summed E-state index contributed by atoms with van der Waals surface area (Å²) < 4.78 is 0.977. The lowest BCUT2D eigenvalue weighted by atomic mass is 10.2. The number of rotatable bonds is 8.